The van der Waals surface area contributed by atoms with Gasteiger partial charge in [0.05, 0.1) is 6.54 Å². The summed E-state index contributed by atoms with van der Waals surface area (Å²) in [5.74, 6) is -7.76. The molecule has 1 rings (SSSR count). The Balaban J connectivity index is 3.09. The summed E-state index contributed by atoms with van der Waals surface area (Å²) in [4.78, 5) is 27.5. The molecule has 0 atom stereocenters. The number of benzene rings is 1. The van der Waals surface area contributed by atoms with Gasteiger partial charge in [-0.15, -0.1) is 0 Å². The summed E-state index contributed by atoms with van der Waals surface area (Å²) in [6, 6.07) is 0.413. The molecule has 0 fully saturated rings. The molecule has 0 spiro atoms. The zero-order valence-electron chi connectivity index (χ0n) is 16.9. The van der Waals surface area contributed by atoms with Gasteiger partial charge in [0.25, 0.3) is 0 Å². The molecule has 162 valence electrons. The van der Waals surface area contributed by atoms with Crippen LogP contribution in [0.4, 0.5) is 27.2 Å². The highest BCUT2D eigenvalue weighted by Crippen LogP contribution is 2.19. The second-order valence-corrected chi connectivity index (χ2v) is 7.88. The number of nitrogens with zero attached hydrogens (tertiary/aromatic N) is 1. The van der Waals surface area contributed by atoms with Crippen LogP contribution >= 0.6 is 0 Å². The smallest absolute Gasteiger partial charge is 0.414 e. The molecule has 0 aliphatic rings. The Morgan fingerprint density at radius 2 is 1.31 bits per heavy atom. The number of ether oxygens (including phenoxy) is 2. The van der Waals surface area contributed by atoms with Crippen molar-refractivity contribution in [1.29, 1.82) is 0 Å². The number of carbonyl (C=O) groups is 2. The monoisotopic (exact) mass is 421 g/mol. The lowest BCUT2D eigenvalue weighted by atomic mass is 10.2. The molecule has 0 saturated carbocycles. The van der Waals surface area contributed by atoms with E-state index in [1.165, 1.54) is 0 Å². The highest BCUT2D eigenvalue weighted by Gasteiger charge is 2.22. The van der Waals surface area contributed by atoms with Gasteiger partial charge >= 0.3 is 12.2 Å². The first kappa shape index (κ1) is 24.2. The minimum atomic E-state index is -2.00. The van der Waals surface area contributed by atoms with Crippen LogP contribution in [0, 0.1) is 23.3 Å². The predicted molar refractivity (Wildman–Crippen MR) is 96.2 cm³/mol. The van der Waals surface area contributed by atoms with Gasteiger partial charge in [0.15, 0.2) is 23.3 Å². The number of aliphatic imine (C=N–C) groups is 1. The first-order valence-electron chi connectivity index (χ1n) is 8.45. The number of alkyl carbamates (subject to hydrolysis) is 2. The molecule has 0 radical (unpaired) electrons. The maximum Gasteiger partial charge on any atom is 0.414 e. The first-order chi connectivity index (χ1) is 13.1. The van der Waals surface area contributed by atoms with E-state index in [0.717, 1.165) is 0 Å². The standard InChI is InChI=1S/C18H23F4N3O4/c1-17(2,3)28-15(26)24-14(25-16(27)29-18(4,5)6)23-8-9-7-10(19)12(21)13(22)11(9)20/h7H,8H2,1-6H3,(H2,23,24,25,26,27). The molecule has 0 bridgehead atoms. The maximum atomic E-state index is 13.8. The third-order valence-electron chi connectivity index (χ3n) is 2.82. The Labute approximate surface area is 165 Å². The second-order valence-electron chi connectivity index (χ2n) is 7.88. The number of hydrogen-bond acceptors (Lipinski definition) is 5. The summed E-state index contributed by atoms with van der Waals surface area (Å²) >= 11 is 0. The Morgan fingerprint density at radius 3 is 1.72 bits per heavy atom. The van der Waals surface area contributed by atoms with E-state index in [-0.39, 0.29) is 0 Å². The van der Waals surface area contributed by atoms with Crippen molar-refractivity contribution in [2.45, 2.75) is 59.3 Å². The zero-order chi connectivity index (χ0) is 22.6. The molecule has 11 heteroatoms. The predicted octanol–water partition coefficient (Wildman–Crippen LogP) is 4.15. The van der Waals surface area contributed by atoms with Crippen LogP contribution in [0.2, 0.25) is 0 Å². The van der Waals surface area contributed by atoms with E-state index in [2.05, 4.69) is 15.6 Å². The number of nitrogens with one attached hydrogen (secondary N) is 2. The van der Waals surface area contributed by atoms with Crippen LogP contribution in [-0.2, 0) is 16.0 Å². The number of halogens is 4. The minimum absolute atomic E-state index is 0.413. The Kier molecular flexibility index (Phi) is 7.59. The van der Waals surface area contributed by atoms with Gasteiger partial charge in [-0.25, -0.2) is 32.1 Å². The highest BCUT2D eigenvalue weighted by molar-refractivity contribution is 6.01. The van der Waals surface area contributed by atoms with Gasteiger partial charge in [-0.3, -0.25) is 10.6 Å². The molecule has 2 N–H and O–H groups in total. The number of carbonyl (C=O) groups excluding carboxylic acids is 2. The van der Waals surface area contributed by atoms with E-state index in [0.29, 0.717) is 6.07 Å². The van der Waals surface area contributed by atoms with Gasteiger partial charge in [0.2, 0.25) is 5.96 Å². The van der Waals surface area contributed by atoms with Crippen LogP contribution < -0.4 is 10.6 Å². The van der Waals surface area contributed by atoms with E-state index in [1.807, 2.05) is 0 Å². The minimum Gasteiger partial charge on any atom is -0.444 e. The molecule has 1 aromatic carbocycles. The second kappa shape index (κ2) is 9.10. The van der Waals surface area contributed by atoms with Crippen molar-refractivity contribution in [3.05, 3.63) is 34.9 Å². The number of hydrogen-bond donors (Lipinski definition) is 2. The van der Waals surface area contributed by atoms with Gasteiger partial charge < -0.3 is 9.47 Å². The molecular formula is C18H23F4N3O4. The Bertz CT molecular complexity index is 783. The summed E-state index contributed by atoms with van der Waals surface area (Å²) in [5, 5.41) is 4.23. The lowest BCUT2D eigenvalue weighted by molar-refractivity contribution is 0.0545. The van der Waals surface area contributed by atoms with Gasteiger partial charge in [-0.2, -0.15) is 0 Å². The summed E-state index contributed by atoms with van der Waals surface area (Å²) in [6.07, 6.45) is -2.02. The van der Waals surface area contributed by atoms with Crippen LogP contribution in [0.5, 0.6) is 0 Å². The third-order valence-corrected chi connectivity index (χ3v) is 2.82. The SMILES string of the molecule is CC(C)(C)OC(=O)NC(=NCc1cc(F)c(F)c(F)c1F)NC(=O)OC(C)(C)C. The average Bonchev–Trinajstić information content (AvgIpc) is 2.51. The van der Waals surface area contributed by atoms with E-state index < -0.39 is 64.7 Å². The Hall–Kier alpha value is -2.85. The van der Waals surface area contributed by atoms with Crippen molar-refractivity contribution in [3.8, 4) is 0 Å². The van der Waals surface area contributed by atoms with Gasteiger partial charge in [-0.05, 0) is 47.6 Å². The molecule has 0 aliphatic carbocycles. The van der Waals surface area contributed by atoms with Crippen molar-refractivity contribution < 1.29 is 36.6 Å². The summed E-state index contributed by atoms with van der Waals surface area (Å²) in [6.45, 7) is 8.79. The van der Waals surface area contributed by atoms with E-state index >= 15 is 0 Å². The van der Waals surface area contributed by atoms with E-state index in [4.69, 9.17) is 9.47 Å². The summed E-state index contributed by atoms with van der Waals surface area (Å²) in [7, 11) is 0. The van der Waals surface area contributed by atoms with Crippen molar-refractivity contribution in [2.24, 2.45) is 4.99 Å². The van der Waals surface area contributed by atoms with E-state index in [9.17, 15) is 27.2 Å². The van der Waals surface area contributed by atoms with Crippen molar-refractivity contribution in [3.63, 3.8) is 0 Å². The molecule has 0 saturated heterocycles. The van der Waals surface area contributed by atoms with Crippen molar-refractivity contribution in [1.82, 2.24) is 10.6 Å². The topological polar surface area (TPSA) is 89.0 Å². The van der Waals surface area contributed by atoms with Gasteiger partial charge in [0, 0.05) is 5.56 Å². The van der Waals surface area contributed by atoms with Gasteiger partial charge in [0.1, 0.15) is 11.2 Å². The fourth-order valence-electron chi connectivity index (χ4n) is 1.81. The van der Waals surface area contributed by atoms with Crippen LogP contribution in [0.3, 0.4) is 0 Å². The largest absolute Gasteiger partial charge is 0.444 e. The molecule has 7 nitrogen and oxygen atoms in total. The molecule has 1 aromatic rings. The first-order valence-corrected chi connectivity index (χ1v) is 8.45. The number of guanidine groups is 1. The van der Waals surface area contributed by atoms with Crippen LogP contribution in [0.25, 0.3) is 0 Å². The maximum absolute atomic E-state index is 13.8. The van der Waals surface area contributed by atoms with Crippen LogP contribution in [0.1, 0.15) is 47.1 Å². The number of amides is 2. The fraction of sp³-hybridized carbons (Fsp3) is 0.500. The number of rotatable bonds is 2. The lowest BCUT2D eigenvalue weighted by Crippen LogP contribution is -2.47. The molecule has 0 heterocycles. The van der Waals surface area contributed by atoms with E-state index in [1.54, 1.807) is 41.5 Å². The van der Waals surface area contributed by atoms with Crippen LogP contribution in [-0.4, -0.2) is 29.3 Å². The lowest BCUT2D eigenvalue weighted by Gasteiger charge is -2.22. The van der Waals surface area contributed by atoms with Crippen molar-refractivity contribution >= 4 is 18.1 Å². The highest BCUT2D eigenvalue weighted by atomic mass is 19.2. The third kappa shape index (κ3) is 8.36. The van der Waals surface area contributed by atoms with Crippen molar-refractivity contribution in [2.75, 3.05) is 0 Å². The van der Waals surface area contributed by atoms with Gasteiger partial charge in [-0.1, -0.05) is 0 Å². The Morgan fingerprint density at radius 1 is 0.862 bits per heavy atom. The quantitative estimate of drug-likeness (QED) is 0.247. The average molecular weight is 421 g/mol. The summed E-state index contributed by atoms with van der Waals surface area (Å²) in [5.41, 5.74) is -2.40. The molecule has 0 aliphatic heterocycles. The van der Waals surface area contributed by atoms with Crippen LogP contribution in [0.15, 0.2) is 11.1 Å². The molecular weight excluding hydrogens is 398 g/mol. The summed E-state index contributed by atoms with van der Waals surface area (Å²) < 4.78 is 63.5. The molecule has 0 aromatic heterocycles. The molecule has 2 amide bonds. The normalized spacial score (nSPS) is 11.5. The molecule has 29 heavy (non-hydrogen) atoms. The zero-order valence-corrected chi connectivity index (χ0v) is 16.9. The molecule has 0 unspecified atom stereocenters. The fourth-order valence-corrected chi connectivity index (χ4v) is 1.81.